The SMILES string of the molecule is O=C(c1c(F)cc(F)cc1F)c1c(F)c(F)c(F)c(F)c1C(=O)c1c(F)cc(F)cc1F. The molecule has 0 aliphatic carbocycles. The zero-order valence-corrected chi connectivity index (χ0v) is 14.9. The van der Waals surface area contributed by atoms with E-state index in [1.807, 2.05) is 0 Å². The molecule has 0 saturated carbocycles. The lowest BCUT2D eigenvalue weighted by molar-refractivity contribution is 0.0985. The molecular weight excluding hydrogens is 462 g/mol. The van der Waals surface area contributed by atoms with E-state index in [1.165, 1.54) is 0 Å². The van der Waals surface area contributed by atoms with Gasteiger partial charge in [-0.25, -0.2) is 43.9 Å². The highest BCUT2D eigenvalue weighted by Gasteiger charge is 2.37. The summed E-state index contributed by atoms with van der Waals surface area (Å²) < 4.78 is 138. The summed E-state index contributed by atoms with van der Waals surface area (Å²) >= 11 is 0. The van der Waals surface area contributed by atoms with E-state index < -0.39 is 92.0 Å². The van der Waals surface area contributed by atoms with Crippen LogP contribution < -0.4 is 0 Å². The third-order valence-electron chi connectivity index (χ3n) is 4.19. The highest BCUT2D eigenvalue weighted by Crippen LogP contribution is 2.31. The fourth-order valence-corrected chi connectivity index (χ4v) is 2.83. The molecule has 3 aromatic rings. The van der Waals surface area contributed by atoms with Crippen LogP contribution in [0, 0.1) is 58.2 Å². The first kappa shape index (κ1) is 23.0. The van der Waals surface area contributed by atoms with Crippen LogP contribution in [0.3, 0.4) is 0 Å². The zero-order chi connectivity index (χ0) is 24.1. The zero-order valence-electron chi connectivity index (χ0n) is 14.9. The van der Waals surface area contributed by atoms with Crippen molar-refractivity contribution in [3.05, 3.63) is 105 Å². The number of halogens is 10. The minimum absolute atomic E-state index is 0.0781. The molecule has 3 aromatic carbocycles. The lowest BCUT2D eigenvalue weighted by Crippen LogP contribution is -2.22. The van der Waals surface area contributed by atoms with Gasteiger partial charge in [0.25, 0.3) is 0 Å². The van der Waals surface area contributed by atoms with Crippen molar-refractivity contribution in [3.63, 3.8) is 0 Å². The van der Waals surface area contributed by atoms with Gasteiger partial charge in [-0.15, -0.1) is 0 Å². The third-order valence-corrected chi connectivity index (χ3v) is 4.19. The molecule has 0 amide bonds. The molecule has 166 valence electrons. The van der Waals surface area contributed by atoms with Crippen molar-refractivity contribution in [2.75, 3.05) is 0 Å². The van der Waals surface area contributed by atoms with E-state index in [0.717, 1.165) is 0 Å². The maximum atomic E-state index is 14.4. The van der Waals surface area contributed by atoms with Crippen LogP contribution in [-0.2, 0) is 0 Å². The van der Waals surface area contributed by atoms with E-state index in [0.29, 0.717) is 0 Å². The summed E-state index contributed by atoms with van der Waals surface area (Å²) in [5, 5.41) is 0. The molecule has 0 aliphatic heterocycles. The van der Waals surface area contributed by atoms with E-state index in [1.54, 1.807) is 0 Å². The van der Waals surface area contributed by atoms with Crippen LogP contribution in [0.15, 0.2) is 24.3 Å². The lowest BCUT2D eigenvalue weighted by atomic mass is 9.91. The summed E-state index contributed by atoms with van der Waals surface area (Å²) in [5.41, 5.74) is -7.91. The standard InChI is InChI=1S/C20H4F10O2/c21-5-1-7(23)11(8(24)2-5)19(31)13-14(16(28)18(30)17(29)15(13)27)20(32)12-9(25)3-6(22)4-10(12)26/h1-4H. The Balaban J connectivity index is 2.39. The van der Waals surface area contributed by atoms with E-state index >= 15 is 0 Å². The van der Waals surface area contributed by atoms with Gasteiger partial charge in [0.15, 0.2) is 23.3 Å². The molecule has 0 saturated heterocycles. The predicted molar refractivity (Wildman–Crippen MR) is 85.8 cm³/mol. The van der Waals surface area contributed by atoms with E-state index in [4.69, 9.17) is 0 Å². The van der Waals surface area contributed by atoms with Crippen molar-refractivity contribution in [3.8, 4) is 0 Å². The highest BCUT2D eigenvalue weighted by molar-refractivity contribution is 6.20. The van der Waals surface area contributed by atoms with Gasteiger partial charge in [-0.1, -0.05) is 0 Å². The Morgan fingerprint density at radius 2 is 0.656 bits per heavy atom. The van der Waals surface area contributed by atoms with Crippen LogP contribution in [0.2, 0.25) is 0 Å². The average Bonchev–Trinajstić information content (AvgIpc) is 2.67. The molecule has 0 N–H and O–H groups in total. The van der Waals surface area contributed by atoms with Gasteiger partial charge >= 0.3 is 0 Å². The summed E-state index contributed by atoms with van der Waals surface area (Å²) in [6, 6.07) is -0.312. The quantitative estimate of drug-likeness (QED) is 0.219. The van der Waals surface area contributed by atoms with Gasteiger partial charge in [-0.2, -0.15) is 0 Å². The van der Waals surface area contributed by atoms with E-state index in [9.17, 15) is 53.5 Å². The maximum absolute atomic E-state index is 14.4. The van der Waals surface area contributed by atoms with Crippen LogP contribution in [0.1, 0.15) is 31.8 Å². The molecule has 2 nitrogen and oxygen atoms in total. The third kappa shape index (κ3) is 3.61. The Kier molecular flexibility index (Phi) is 5.81. The first-order valence-corrected chi connectivity index (χ1v) is 8.11. The molecule has 0 atom stereocenters. The second-order valence-corrected chi connectivity index (χ2v) is 6.15. The van der Waals surface area contributed by atoms with Crippen LogP contribution in [0.5, 0.6) is 0 Å². The highest BCUT2D eigenvalue weighted by atomic mass is 19.2. The monoisotopic (exact) mass is 466 g/mol. The van der Waals surface area contributed by atoms with E-state index in [2.05, 4.69) is 0 Å². The largest absolute Gasteiger partial charge is 0.288 e. The number of hydrogen-bond donors (Lipinski definition) is 0. The fourth-order valence-electron chi connectivity index (χ4n) is 2.83. The van der Waals surface area contributed by atoms with Crippen LogP contribution in [0.25, 0.3) is 0 Å². The topological polar surface area (TPSA) is 34.1 Å². The summed E-state index contributed by atoms with van der Waals surface area (Å²) in [5.74, 6) is -26.4. The van der Waals surface area contributed by atoms with Gasteiger partial charge in [0.05, 0.1) is 22.3 Å². The second kappa shape index (κ2) is 8.09. The minimum atomic E-state index is -2.70. The van der Waals surface area contributed by atoms with Crippen molar-refractivity contribution in [2.45, 2.75) is 0 Å². The second-order valence-electron chi connectivity index (χ2n) is 6.15. The number of ketones is 2. The van der Waals surface area contributed by atoms with Crippen molar-refractivity contribution < 1.29 is 53.5 Å². The summed E-state index contributed by atoms with van der Waals surface area (Å²) in [7, 11) is 0. The smallest absolute Gasteiger partial charge is 0.202 e. The molecule has 0 aliphatic rings. The van der Waals surface area contributed by atoms with Crippen molar-refractivity contribution in [1.29, 1.82) is 0 Å². The molecule has 12 heteroatoms. The van der Waals surface area contributed by atoms with Crippen molar-refractivity contribution in [2.24, 2.45) is 0 Å². The Hall–Kier alpha value is -3.70. The van der Waals surface area contributed by atoms with E-state index in [-0.39, 0.29) is 24.3 Å². The number of carbonyl (C=O) groups excluding carboxylic acids is 2. The van der Waals surface area contributed by atoms with Gasteiger partial charge in [0, 0.05) is 24.3 Å². The first-order valence-electron chi connectivity index (χ1n) is 8.11. The van der Waals surface area contributed by atoms with Crippen molar-refractivity contribution in [1.82, 2.24) is 0 Å². The summed E-state index contributed by atoms with van der Waals surface area (Å²) in [6.07, 6.45) is 0. The van der Waals surface area contributed by atoms with Crippen LogP contribution >= 0.6 is 0 Å². The molecular formula is C20H4F10O2. The number of carbonyl (C=O) groups is 2. The molecule has 0 aromatic heterocycles. The molecule has 0 spiro atoms. The first-order chi connectivity index (χ1) is 14.9. The normalized spacial score (nSPS) is 11.1. The summed E-state index contributed by atoms with van der Waals surface area (Å²) in [6.45, 7) is 0. The molecule has 3 rings (SSSR count). The van der Waals surface area contributed by atoms with Crippen LogP contribution in [0.4, 0.5) is 43.9 Å². The van der Waals surface area contributed by atoms with Gasteiger partial charge in [-0.3, -0.25) is 9.59 Å². The Morgan fingerprint density at radius 3 is 0.906 bits per heavy atom. The molecule has 0 unspecified atom stereocenters. The van der Waals surface area contributed by atoms with Gasteiger partial charge in [0.2, 0.25) is 11.6 Å². The average molecular weight is 466 g/mol. The number of hydrogen-bond acceptors (Lipinski definition) is 2. The van der Waals surface area contributed by atoms with Gasteiger partial charge in [0.1, 0.15) is 34.9 Å². The molecule has 0 radical (unpaired) electrons. The Labute approximate surface area is 170 Å². The molecule has 32 heavy (non-hydrogen) atoms. The molecule has 0 heterocycles. The number of rotatable bonds is 4. The minimum Gasteiger partial charge on any atom is -0.288 e. The number of benzene rings is 3. The Morgan fingerprint density at radius 1 is 0.406 bits per heavy atom. The molecule has 0 bridgehead atoms. The fraction of sp³-hybridized carbons (Fsp3) is 0. The van der Waals surface area contributed by atoms with Gasteiger partial charge in [-0.05, 0) is 0 Å². The van der Waals surface area contributed by atoms with Gasteiger partial charge < -0.3 is 0 Å². The predicted octanol–water partition coefficient (Wildman–Crippen LogP) is 5.54. The van der Waals surface area contributed by atoms with Crippen LogP contribution in [-0.4, -0.2) is 11.6 Å². The molecule has 0 fully saturated rings. The Bertz CT molecular complexity index is 1170. The maximum Gasteiger partial charge on any atom is 0.202 e. The summed E-state index contributed by atoms with van der Waals surface area (Å²) in [4.78, 5) is 25.0. The lowest BCUT2D eigenvalue weighted by Gasteiger charge is -2.14. The van der Waals surface area contributed by atoms with Crippen molar-refractivity contribution >= 4 is 11.6 Å².